The third-order valence-corrected chi connectivity index (χ3v) is 5.19. The van der Waals surface area contributed by atoms with E-state index < -0.39 is 0 Å². The summed E-state index contributed by atoms with van der Waals surface area (Å²) in [6, 6.07) is 13.8. The van der Waals surface area contributed by atoms with E-state index in [0.717, 1.165) is 60.2 Å². The minimum Gasteiger partial charge on any atom is -0.497 e. The first-order valence-electron chi connectivity index (χ1n) is 9.87. The van der Waals surface area contributed by atoms with Crippen LogP contribution in [0.5, 0.6) is 17.2 Å². The van der Waals surface area contributed by atoms with E-state index in [4.69, 9.17) is 19.2 Å². The highest BCUT2D eigenvalue weighted by Gasteiger charge is 2.19. The molecule has 30 heavy (non-hydrogen) atoms. The van der Waals surface area contributed by atoms with Crippen LogP contribution in [-0.4, -0.2) is 42.7 Å². The molecule has 0 saturated carbocycles. The van der Waals surface area contributed by atoms with Crippen LogP contribution >= 0.6 is 0 Å². The van der Waals surface area contributed by atoms with Crippen LogP contribution in [0, 0.1) is 0 Å². The number of nitrogens with one attached hydrogen (secondary N) is 1. The van der Waals surface area contributed by atoms with E-state index in [1.54, 1.807) is 21.3 Å². The molecular weight excluding hydrogens is 380 g/mol. The first kappa shape index (κ1) is 20.0. The molecule has 0 atom stereocenters. The second kappa shape index (κ2) is 9.00. The molecule has 156 valence electrons. The minimum absolute atomic E-state index is 0.607. The summed E-state index contributed by atoms with van der Waals surface area (Å²) in [6.45, 7) is 2.60. The Bertz CT molecular complexity index is 1030. The van der Waals surface area contributed by atoms with Gasteiger partial charge < -0.3 is 19.5 Å². The van der Waals surface area contributed by atoms with E-state index in [2.05, 4.69) is 21.3 Å². The Morgan fingerprint density at radius 2 is 1.87 bits per heavy atom. The summed E-state index contributed by atoms with van der Waals surface area (Å²) in [7, 11) is 4.96. The van der Waals surface area contributed by atoms with Gasteiger partial charge in [-0.25, -0.2) is 9.97 Å². The van der Waals surface area contributed by atoms with Crippen LogP contribution in [0.25, 0.3) is 0 Å². The van der Waals surface area contributed by atoms with Crippen LogP contribution in [0.4, 0.5) is 11.6 Å². The summed E-state index contributed by atoms with van der Waals surface area (Å²) < 4.78 is 16.0. The predicted molar refractivity (Wildman–Crippen MR) is 116 cm³/mol. The number of hydrogen-bond donors (Lipinski definition) is 1. The highest BCUT2D eigenvalue weighted by atomic mass is 16.5. The fourth-order valence-corrected chi connectivity index (χ4v) is 3.64. The molecule has 1 aliphatic heterocycles. The molecule has 0 unspecified atom stereocenters. The normalized spacial score (nSPS) is 13.4. The van der Waals surface area contributed by atoms with Gasteiger partial charge in [-0.2, -0.15) is 0 Å². The second-order valence-corrected chi connectivity index (χ2v) is 7.17. The van der Waals surface area contributed by atoms with Gasteiger partial charge >= 0.3 is 0 Å². The topological polar surface area (TPSA) is 68.7 Å². The zero-order chi connectivity index (χ0) is 20.9. The SMILES string of the molecule is COc1cccc(Nc2ncc3c(n2)CCN(Cc2ccc(OC)c(OC)c2)C3)c1. The second-order valence-electron chi connectivity index (χ2n) is 7.17. The summed E-state index contributed by atoms with van der Waals surface area (Å²) in [6.07, 6.45) is 2.81. The quantitative estimate of drug-likeness (QED) is 0.640. The molecule has 1 aromatic heterocycles. The maximum Gasteiger partial charge on any atom is 0.227 e. The van der Waals surface area contributed by atoms with Gasteiger partial charge in [-0.15, -0.1) is 0 Å². The molecule has 0 bridgehead atoms. The number of anilines is 2. The van der Waals surface area contributed by atoms with Crippen molar-refractivity contribution in [2.24, 2.45) is 0 Å². The van der Waals surface area contributed by atoms with Gasteiger partial charge in [0.15, 0.2) is 11.5 Å². The largest absolute Gasteiger partial charge is 0.497 e. The van der Waals surface area contributed by atoms with Gasteiger partial charge in [0.2, 0.25) is 5.95 Å². The summed E-state index contributed by atoms with van der Waals surface area (Å²) in [5.41, 5.74) is 4.35. The van der Waals surface area contributed by atoms with E-state index in [1.165, 1.54) is 5.56 Å². The number of rotatable bonds is 7. The van der Waals surface area contributed by atoms with Gasteiger partial charge in [0.25, 0.3) is 0 Å². The highest BCUT2D eigenvalue weighted by molar-refractivity contribution is 5.56. The molecule has 0 radical (unpaired) electrons. The van der Waals surface area contributed by atoms with Gasteiger partial charge in [-0.3, -0.25) is 4.90 Å². The third kappa shape index (κ3) is 4.46. The molecule has 3 aromatic rings. The van der Waals surface area contributed by atoms with Crippen LogP contribution in [0.15, 0.2) is 48.7 Å². The molecule has 0 spiro atoms. The van der Waals surface area contributed by atoms with Gasteiger partial charge in [0.05, 0.1) is 27.0 Å². The summed E-state index contributed by atoms with van der Waals surface area (Å²) in [5, 5.41) is 3.26. The number of fused-ring (bicyclic) bond motifs is 1. The van der Waals surface area contributed by atoms with Crippen LogP contribution in [0.2, 0.25) is 0 Å². The van der Waals surface area contributed by atoms with Crippen molar-refractivity contribution in [3.05, 3.63) is 65.5 Å². The minimum atomic E-state index is 0.607. The van der Waals surface area contributed by atoms with Crippen LogP contribution in [0.3, 0.4) is 0 Å². The first-order valence-corrected chi connectivity index (χ1v) is 9.87. The fraction of sp³-hybridized carbons (Fsp3) is 0.304. The monoisotopic (exact) mass is 406 g/mol. The van der Waals surface area contributed by atoms with Crippen molar-refractivity contribution in [3.63, 3.8) is 0 Å². The Morgan fingerprint density at radius 1 is 1.00 bits per heavy atom. The van der Waals surface area contributed by atoms with Crippen molar-refractivity contribution in [1.82, 2.24) is 14.9 Å². The molecule has 4 rings (SSSR count). The Labute approximate surface area is 176 Å². The molecule has 0 amide bonds. The number of benzene rings is 2. The van der Waals surface area contributed by atoms with Crippen molar-refractivity contribution in [2.75, 3.05) is 33.2 Å². The van der Waals surface area contributed by atoms with Crippen LogP contribution in [-0.2, 0) is 19.5 Å². The third-order valence-electron chi connectivity index (χ3n) is 5.19. The van der Waals surface area contributed by atoms with E-state index in [-0.39, 0.29) is 0 Å². The number of methoxy groups -OCH3 is 3. The van der Waals surface area contributed by atoms with Gasteiger partial charge in [-0.1, -0.05) is 12.1 Å². The van der Waals surface area contributed by atoms with Gasteiger partial charge in [0, 0.05) is 49.6 Å². The standard InChI is InChI=1S/C23H26N4O3/c1-28-19-6-4-5-18(12-19)25-23-24-13-17-15-27(10-9-20(17)26-23)14-16-7-8-21(29-2)22(11-16)30-3/h4-8,11-13H,9-10,14-15H2,1-3H3,(H,24,25,26). The molecule has 7 nitrogen and oxygen atoms in total. The molecule has 0 fully saturated rings. The molecule has 1 aliphatic rings. The maximum absolute atomic E-state index is 5.42. The molecule has 0 aliphatic carbocycles. The number of nitrogens with zero attached hydrogens (tertiary/aromatic N) is 3. The lowest BCUT2D eigenvalue weighted by Gasteiger charge is -2.28. The van der Waals surface area contributed by atoms with Crippen LogP contribution < -0.4 is 19.5 Å². The Hall–Kier alpha value is -3.32. The molecule has 2 heterocycles. The van der Waals surface area contributed by atoms with Crippen molar-refractivity contribution in [2.45, 2.75) is 19.5 Å². The highest BCUT2D eigenvalue weighted by Crippen LogP contribution is 2.29. The van der Waals surface area contributed by atoms with Crippen molar-refractivity contribution in [3.8, 4) is 17.2 Å². The molecule has 7 heteroatoms. The lowest BCUT2D eigenvalue weighted by Crippen LogP contribution is -2.31. The van der Waals surface area contributed by atoms with Crippen molar-refractivity contribution in [1.29, 1.82) is 0 Å². The fourth-order valence-electron chi connectivity index (χ4n) is 3.64. The Kier molecular flexibility index (Phi) is 5.99. The van der Waals surface area contributed by atoms with Gasteiger partial charge in [0.1, 0.15) is 5.75 Å². The molecule has 1 N–H and O–H groups in total. The van der Waals surface area contributed by atoms with E-state index in [0.29, 0.717) is 5.95 Å². The smallest absolute Gasteiger partial charge is 0.227 e. The first-order chi connectivity index (χ1) is 14.7. The lowest BCUT2D eigenvalue weighted by molar-refractivity contribution is 0.242. The molecule has 2 aromatic carbocycles. The number of hydrogen-bond acceptors (Lipinski definition) is 7. The Morgan fingerprint density at radius 3 is 2.67 bits per heavy atom. The average molecular weight is 406 g/mol. The Balaban J connectivity index is 1.43. The molecular formula is C23H26N4O3. The summed E-state index contributed by atoms with van der Waals surface area (Å²) >= 11 is 0. The van der Waals surface area contributed by atoms with Gasteiger partial charge in [-0.05, 0) is 29.8 Å². The zero-order valence-corrected chi connectivity index (χ0v) is 17.5. The van der Waals surface area contributed by atoms with E-state index in [9.17, 15) is 0 Å². The van der Waals surface area contributed by atoms with E-state index >= 15 is 0 Å². The van der Waals surface area contributed by atoms with Crippen molar-refractivity contribution >= 4 is 11.6 Å². The lowest BCUT2D eigenvalue weighted by atomic mass is 10.1. The van der Waals surface area contributed by atoms with Crippen molar-refractivity contribution < 1.29 is 14.2 Å². The summed E-state index contributed by atoms with van der Waals surface area (Å²) in [4.78, 5) is 11.6. The predicted octanol–water partition coefficient (Wildman–Crippen LogP) is 3.80. The number of aromatic nitrogens is 2. The maximum atomic E-state index is 5.42. The van der Waals surface area contributed by atoms with E-state index in [1.807, 2.05) is 42.6 Å². The van der Waals surface area contributed by atoms with Crippen LogP contribution in [0.1, 0.15) is 16.8 Å². The summed E-state index contributed by atoms with van der Waals surface area (Å²) in [5.74, 6) is 2.90. The average Bonchev–Trinajstić information content (AvgIpc) is 2.79. The zero-order valence-electron chi connectivity index (χ0n) is 17.5. The number of ether oxygens (including phenoxy) is 3. The molecule has 0 saturated heterocycles.